The van der Waals surface area contributed by atoms with Crippen LogP contribution >= 0.6 is 0 Å². The third-order valence-electron chi connectivity index (χ3n) is 10.2. The molecule has 0 heterocycles. The second-order valence-corrected chi connectivity index (χ2v) is 16.7. The van der Waals surface area contributed by atoms with Crippen molar-refractivity contribution in [2.45, 2.75) is 0 Å². The van der Waals surface area contributed by atoms with E-state index in [2.05, 4.69) is 206 Å². The molecule has 9 rings (SSSR count). The zero-order chi connectivity index (χ0) is 32.6. The van der Waals surface area contributed by atoms with Crippen molar-refractivity contribution < 1.29 is 0 Å². The highest BCUT2D eigenvalue weighted by Crippen LogP contribution is 2.35. The van der Waals surface area contributed by atoms with E-state index in [9.17, 15) is 0 Å². The molecule has 0 saturated carbocycles. The van der Waals surface area contributed by atoms with Gasteiger partial charge < -0.3 is 0 Å². The van der Waals surface area contributed by atoms with Gasteiger partial charge in [0.2, 0.25) is 0 Å². The number of fused-ring (bicyclic) bond motifs is 6. The molecule has 1 heteroatoms. The summed E-state index contributed by atoms with van der Waals surface area (Å²) in [6.07, 6.45) is 0. The molecular weight excluding hydrogens is 605 g/mol. The second kappa shape index (κ2) is 12.2. The van der Waals surface area contributed by atoms with E-state index in [1.807, 2.05) is 0 Å². The first-order valence-corrected chi connectivity index (χ1v) is 19.0. The van der Waals surface area contributed by atoms with Crippen molar-refractivity contribution in [3.05, 3.63) is 206 Å². The van der Waals surface area contributed by atoms with Crippen molar-refractivity contribution in [1.82, 2.24) is 0 Å². The lowest BCUT2D eigenvalue weighted by Crippen LogP contribution is -2.74. The average Bonchev–Trinajstić information content (AvgIpc) is 3.20. The molecule has 230 valence electrons. The second-order valence-electron chi connectivity index (χ2n) is 12.9. The van der Waals surface area contributed by atoms with E-state index < -0.39 is 8.07 Å². The molecule has 0 aliphatic rings. The van der Waals surface area contributed by atoms with Crippen LogP contribution in [0.25, 0.3) is 54.6 Å². The average molecular weight is 639 g/mol. The highest BCUT2D eigenvalue weighted by Gasteiger charge is 2.41. The van der Waals surface area contributed by atoms with Crippen LogP contribution in [0, 0.1) is 0 Å². The predicted molar refractivity (Wildman–Crippen MR) is 213 cm³/mol. The minimum absolute atomic E-state index is 1.22. The van der Waals surface area contributed by atoms with Crippen LogP contribution in [-0.2, 0) is 0 Å². The van der Waals surface area contributed by atoms with E-state index in [1.54, 1.807) is 0 Å². The molecule has 0 fully saturated rings. The van der Waals surface area contributed by atoms with Crippen LogP contribution in [0.2, 0.25) is 0 Å². The fourth-order valence-corrected chi connectivity index (χ4v) is 12.7. The molecule has 0 radical (unpaired) electrons. The molecule has 0 spiro atoms. The molecule has 0 atom stereocenters. The van der Waals surface area contributed by atoms with Crippen molar-refractivity contribution in [3.8, 4) is 22.3 Å². The molecule has 9 aromatic rings. The Kier molecular flexibility index (Phi) is 7.26. The topological polar surface area (TPSA) is 0 Å². The zero-order valence-electron chi connectivity index (χ0n) is 27.1. The van der Waals surface area contributed by atoms with Gasteiger partial charge in [-0.05, 0) is 75.3 Å². The van der Waals surface area contributed by atoms with Gasteiger partial charge >= 0.3 is 0 Å². The molecule has 0 unspecified atom stereocenters. The summed E-state index contributed by atoms with van der Waals surface area (Å²) < 4.78 is 0. The molecule has 0 bridgehead atoms. The number of rotatable bonds is 6. The first-order chi connectivity index (χ1) is 24.3. The molecule has 0 aromatic heterocycles. The van der Waals surface area contributed by atoms with Crippen molar-refractivity contribution in [1.29, 1.82) is 0 Å². The minimum Gasteiger partial charge on any atom is -0.0623 e. The van der Waals surface area contributed by atoms with Gasteiger partial charge in [-0.25, -0.2) is 0 Å². The Morgan fingerprint density at radius 1 is 0.204 bits per heavy atom. The van der Waals surface area contributed by atoms with Gasteiger partial charge in [0.05, 0.1) is 0 Å². The van der Waals surface area contributed by atoms with Crippen LogP contribution in [0.3, 0.4) is 0 Å². The van der Waals surface area contributed by atoms with Gasteiger partial charge in [0.25, 0.3) is 0 Å². The Balaban J connectivity index is 1.27. The number of hydrogen-bond acceptors (Lipinski definition) is 0. The summed E-state index contributed by atoms with van der Waals surface area (Å²) in [5.41, 5.74) is 4.92. The molecular formula is C48H34Si. The maximum absolute atomic E-state index is 2.75. The van der Waals surface area contributed by atoms with Crippen LogP contribution in [-0.4, -0.2) is 8.07 Å². The van der Waals surface area contributed by atoms with E-state index in [1.165, 1.54) is 75.3 Å². The zero-order valence-corrected chi connectivity index (χ0v) is 28.1. The van der Waals surface area contributed by atoms with Crippen LogP contribution in [0.15, 0.2) is 206 Å². The van der Waals surface area contributed by atoms with Gasteiger partial charge in [0.15, 0.2) is 8.07 Å². The highest BCUT2D eigenvalue weighted by atomic mass is 28.3. The Labute approximate surface area is 288 Å². The van der Waals surface area contributed by atoms with E-state index in [4.69, 9.17) is 0 Å². The van der Waals surface area contributed by atoms with E-state index >= 15 is 0 Å². The number of benzene rings is 9. The van der Waals surface area contributed by atoms with Gasteiger partial charge in [0.1, 0.15) is 0 Å². The lowest BCUT2D eigenvalue weighted by molar-refractivity contribution is 1.59. The Bertz CT molecular complexity index is 2480. The monoisotopic (exact) mass is 638 g/mol. The Morgan fingerprint density at radius 2 is 0.510 bits per heavy atom. The third kappa shape index (κ3) is 4.90. The summed E-state index contributed by atoms with van der Waals surface area (Å²) in [5, 5.41) is 13.3. The van der Waals surface area contributed by atoms with Gasteiger partial charge in [-0.1, -0.05) is 206 Å². The van der Waals surface area contributed by atoms with Gasteiger partial charge in [-0.2, -0.15) is 0 Å². The quantitative estimate of drug-likeness (QED) is 0.0966. The van der Waals surface area contributed by atoms with Crippen LogP contribution < -0.4 is 20.7 Å². The molecule has 0 N–H and O–H groups in total. The maximum Gasteiger partial charge on any atom is 0.179 e. The summed E-state index contributed by atoms with van der Waals surface area (Å²) in [6.45, 7) is 0. The van der Waals surface area contributed by atoms with Crippen molar-refractivity contribution in [2.75, 3.05) is 0 Å². The standard InChI is InChI=1S/C48H34Si/c1-4-14-35(15-5-1)36-24-26-37(27-25-36)38-28-30-41(31-29-38)49(39-16-6-2-7-17-39,40-18-8-3-9-19-40)42-32-33-47-45-22-11-10-20-43(45)44-21-12-13-23-46(44)48(47)34-42/h1-34H. The Morgan fingerprint density at radius 3 is 0.980 bits per heavy atom. The van der Waals surface area contributed by atoms with Gasteiger partial charge in [-0.3, -0.25) is 0 Å². The number of hydrogen-bond donors (Lipinski definition) is 0. The summed E-state index contributed by atoms with van der Waals surface area (Å²) in [6, 6.07) is 76.5. The third-order valence-corrected chi connectivity index (χ3v) is 15.0. The molecule has 0 aliphatic carbocycles. The smallest absolute Gasteiger partial charge is 0.0623 e. The summed E-state index contributed by atoms with van der Waals surface area (Å²) >= 11 is 0. The van der Waals surface area contributed by atoms with E-state index in [-0.39, 0.29) is 0 Å². The summed E-state index contributed by atoms with van der Waals surface area (Å²) in [4.78, 5) is 0. The van der Waals surface area contributed by atoms with Crippen LogP contribution in [0.1, 0.15) is 0 Å². The molecule has 49 heavy (non-hydrogen) atoms. The lowest BCUT2D eigenvalue weighted by atomic mass is 9.94. The van der Waals surface area contributed by atoms with Crippen molar-refractivity contribution >= 4 is 61.1 Å². The van der Waals surface area contributed by atoms with Crippen molar-refractivity contribution in [2.24, 2.45) is 0 Å². The van der Waals surface area contributed by atoms with E-state index in [0.717, 1.165) is 0 Å². The predicted octanol–water partition coefficient (Wildman–Crippen LogP) is 9.86. The molecule has 0 aliphatic heterocycles. The maximum atomic E-state index is 2.52. The van der Waals surface area contributed by atoms with Crippen LogP contribution in [0.4, 0.5) is 0 Å². The first kappa shape index (κ1) is 29.1. The fourth-order valence-electron chi connectivity index (χ4n) is 7.92. The highest BCUT2D eigenvalue weighted by molar-refractivity contribution is 7.20. The fraction of sp³-hybridized carbons (Fsp3) is 0. The lowest BCUT2D eigenvalue weighted by Gasteiger charge is -2.35. The van der Waals surface area contributed by atoms with Gasteiger partial charge in [-0.15, -0.1) is 0 Å². The molecule has 9 aromatic carbocycles. The Hall–Kier alpha value is -6.02. The SMILES string of the molecule is c1ccc(-c2ccc(-c3ccc([Si](c4ccccc4)(c4ccccc4)c4ccc5c6ccccc6c6ccccc6c5c4)cc3)cc2)cc1. The summed E-state index contributed by atoms with van der Waals surface area (Å²) in [7, 11) is -2.75. The molecule has 0 nitrogen and oxygen atoms in total. The molecule has 0 saturated heterocycles. The summed E-state index contributed by atoms with van der Waals surface area (Å²) in [5.74, 6) is 0. The minimum atomic E-state index is -2.75. The van der Waals surface area contributed by atoms with Crippen molar-refractivity contribution in [3.63, 3.8) is 0 Å². The van der Waals surface area contributed by atoms with Gasteiger partial charge in [0, 0.05) is 0 Å². The normalized spacial score (nSPS) is 11.7. The molecule has 0 amide bonds. The first-order valence-electron chi connectivity index (χ1n) is 17.0. The van der Waals surface area contributed by atoms with Crippen LogP contribution in [0.5, 0.6) is 0 Å². The van der Waals surface area contributed by atoms with E-state index in [0.29, 0.717) is 0 Å². The largest absolute Gasteiger partial charge is 0.179 e.